The van der Waals surface area contributed by atoms with Gasteiger partial charge in [-0.3, -0.25) is 0 Å². The van der Waals surface area contributed by atoms with Crippen LogP contribution in [0.15, 0.2) is 24.3 Å². The molecule has 0 unspecified atom stereocenters. The van der Waals surface area contributed by atoms with Crippen molar-refractivity contribution < 1.29 is 4.74 Å². The Morgan fingerprint density at radius 3 is 1.96 bits per heavy atom. The first kappa shape index (κ1) is 20.1. The molecule has 1 aromatic rings. The highest BCUT2D eigenvalue weighted by Gasteiger charge is 2.19. The van der Waals surface area contributed by atoms with E-state index in [4.69, 9.17) is 4.74 Å². The summed E-state index contributed by atoms with van der Waals surface area (Å²) in [6.45, 7) is 10.1. The van der Waals surface area contributed by atoms with Gasteiger partial charge in [-0.15, -0.1) is 0 Å². The van der Waals surface area contributed by atoms with Crippen molar-refractivity contribution in [3.05, 3.63) is 29.8 Å². The quantitative estimate of drug-likeness (QED) is 0.347. The second kappa shape index (κ2) is 11.5. The van der Waals surface area contributed by atoms with E-state index in [2.05, 4.69) is 52.0 Å². The lowest BCUT2D eigenvalue weighted by Gasteiger charge is -2.25. The monoisotopic (exact) mass is 318 g/mol. The topological polar surface area (TPSA) is 9.23 Å². The van der Waals surface area contributed by atoms with Gasteiger partial charge in [-0.25, -0.2) is 0 Å². The lowest BCUT2D eigenvalue weighted by atomic mass is 9.80. The zero-order valence-corrected chi connectivity index (χ0v) is 16.0. The molecule has 0 radical (unpaired) electrons. The minimum atomic E-state index is 0.271. The molecule has 1 nitrogen and oxygen atoms in total. The van der Waals surface area contributed by atoms with Gasteiger partial charge in [0.25, 0.3) is 0 Å². The maximum absolute atomic E-state index is 5.88. The molecule has 0 fully saturated rings. The van der Waals surface area contributed by atoms with Crippen LogP contribution in [0.3, 0.4) is 0 Å². The van der Waals surface area contributed by atoms with Crippen molar-refractivity contribution >= 4 is 0 Å². The largest absolute Gasteiger partial charge is 0.494 e. The second-order valence-electron chi connectivity index (χ2n) is 7.48. The molecule has 0 atom stereocenters. The Morgan fingerprint density at radius 2 is 1.30 bits per heavy atom. The third-order valence-corrected chi connectivity index (χ3v) is 4.81. The Kier molecular flexibility index (Phi) is 10.1. The predicted octanol–water partition coefficient (Wildman–Crippen LogP) is 7.28. The van der Waals surface area contributed by atoms with E-state index in [0.29, 0.717) is 0 Å². The molecule has 23 heavy (non-hydrogen) atoms. The molecule has 0 saturated carbocycles. The molecule has 1 heteroatoms. The molecule has 0 aliphatic rings. The van der Waals surface area contributed by atoms with Gasteiger partial charge in [-0.05, 0) is 36.0 Å². The third kappa shape index (κ3) is 8.44. The van der Waals surface area contributed by atoms with Gasteiger partial charge in [-0.1, -0.05) is 91.2 Å². The van der Waals surface area contributed by atoms with Crippen molar-refractivity contribution in [2.24, 2.45) is 0 Å². The van der Waals surface area contributed by atoms with Crippen LogP contribution >= 0.6 is 0 Å². The van der Waals surface area contributed by atoms with Gasteiger partial charge < -0.3 is 4.74 Å². The highest BCUT2D eigenvalue weighted by Crippen LogP contribution is 2.30. The Bertz CT molecular complexity index is 391. The fourth-order valence-corrected chi connectivity index (χ4v) is 3.04. The maximum Gasteiger partial charge on any atom is 0.119 e. The predicted molar refractivity (Wildman–Crippen MR) is 102 cm³/mol. The third-order valence-electron chi connectivity index (χ3n) is 4.81. The van der Waals surface area contributed by atoms with Crippen LogP contribution in [0, 0.1) is 0 Å². The molecule has 0 aliphatic carbocycles. The van der Waals surface area contributed by atoms with Crippen LogP contribution in [0.1, 0.15) is 97.5 Å². The van der Waals surface area contributed by atoms with E-state index >= 15 is 0 Å². The molecule has 0 bridgehead atoms. The summed E-state index contributed by atoms with van der Waals surface area (Å²) in [5.41, 5.74) is 1.70. The Hall–Kier alpha value is -0.980. The molecule has 0 amide bonds. The molecule has 1 rings (SSSR count). The summed E-state index contributed by atoms with van der Waals surface area (Å²) in [4.78, 5) is 0. The molecule has 0 heterocycles. The average molecular weight is 319 g/mol. The smallest absolute Gasteiger partial charge is 0.119 e. The number of rotatable bonds is 13. The summed E-state index contributed by atoms with van der Waals surface area (Å²) < 4.78 is 5.88. The fraction of sp³-hybridized carbons (Fsp3) is 0.727. The summed E-state index contributed by atoms with van der Waals surface area (Å²) in [6.07, 6.45) is 13.1. The Balaban J connectivity index is 2.29. The lowest BCUT2D eigenvalue weighted by molar-refractivity contribution is 0.304. The normalized spacial score (nSPS) is 11.7. The number of hydrogen-bond acceptors (Lipinski definition) is 1. The van der Waals surface area contributed by atoms with Crippen LogP contribution in [-0.2, 0) is 5.41 Å². The fourth-order valence-electron chi connectivity index (χ4n) is 3.04. The second-order valence-corrected chi connectivity index (χ2v) is 7.48. The highest BCUT2D eigenvalue weighted by molar-refractivity contribution is 5.31. The van der Waals surface area contributed by atoms with Crippen LogP contribution in [0.4, 0.5) is 0 Å². The minimum Gasteiger partial charge on any atom is -0.494 e. The summed E-state index contributed by atoms with van der Waals surface area (Å²) in [6, 6.07) is 8.80. The first-order chi connectivity index (χ1) is 11.1. The SMILES string of the molecule is CCCCCCCCOc1ccc(C(C)(C)CCCCC)cc1. The van der Waals surface area contributed by atoms with E-state index in [-0.39, 0.29) is 5.41 Å². The minimum absolute atomic E-state index is 0.271. The van der Waals surface area contributed by atoms with Crippen molar-refractivity contribution in [2.45, 2.75) is 97.3 Å². The van der Waals surface area contributed by atoms with Gasteiger partial charge in [0.15, 0.2) is 0 Å². The maximum atomic E-state index is 5.88. The zero-order valence-electron chi connectivity index (χ0n) is 16.0. The number of ether oxygens (including phenoxy) is 1. The van der Waals surface area contributed by atoms with Crippen molar-refractivity contribution in [2.75, 3.05) is 6.61 Å². The molecule has 0 aliphatic heterocycles. The number of hydrogen-bond donors (Lipinski definition) is 0. The molecule has 0 N–H and O–H groups in total. The van der Waals surface area contributed by atoms with Crippen molar-refractivity contribution in [1.29, 1.82) is 0 Å². The summed E-state index contributed by atoms with van der Waals surface area (Å²) in [5, 5.41) is 0. The molecule has 0 saturated heterocycles. The van der Waals surface area contributed by atoms with Gasteiger partial charge in [-0.2, -0.15) is 0 Å². The first-order valence-corrected chi connectivity index (χ1v) is 9.83. The van der Waals surface area contributed by atoms with Crippen molar-refractivity contribution in [3.63, 3.8) is 0 Å². The molecule has 0 aromatic heterocycles. The highest BCUT2D eigenvalue weighted by atomic mass is 16.5. The van der Waals surface area contributed by atoms with Crippen LogP contribution in [-0.4, -0.2) is 6.61 Å². The van der Waals surface area contributed by atoms with Crippen molar-refractivity contribution in [3.8, 4) is 5.75 Å². The zero-order chi connectivity index (χ0) is 17.0. The van der Waals surface area contributed by atoms with Gasteiger partial charge in [0.05, 0.1) is 6.61 Å². The summed E-state index contributed by atoms with van der Waals surface area (Å²) in [5.74, 6) is 1.02. The Morgan fingerprint density at radius 1 is 0.739 bits per heavy atom. The Labute approximate surface area is 144 Å². The van der Waals surface area contributed by atoms with Gasteiger partial charge in [0, 0.05) is 0 Å². The molecular weight excluding hydrogens is 280 g/mol. The standard InChI is InChI=1S/C22H38O/c1-5-7-9-10-11-13-19-23-21-16-14-20(15-17-21)22(3,4)18-12-8-6-2/h14-17H,5-13,18-19H2,1-4H3. The number of unbranched alkanes of at least 4 members (excludes halogenated alkanes) is 7. The molecule has 0 spiro atoms. The van der Waals surface area contributed by atoms with E-state index in [0.717, 1.165) is 12.4 Å². The lowest BCUT2D eigenvalue weighted by Crippen LogP contribution is -2.16. The van der Waals surface area contributed by atoms with E-state index in [9.17, 15) is 0 Å². The van der Waals surface area contributed by atoms with E-state index in [1.54, 1.807) is 0 Å². The first-order valence-electron chi connectivity index (χ1n) is 9.83. The molecule has 1 aromatic carbocycles. The van der Waals surface area contributed by atoms with Crippen LogP contribution < -0.4 is 4.74 Å². The van der Waals surface area contributed by atoms with Crippen LogP contribution in [0.2, 0.25) is 0 Å². The van der Waals surface area contributed by atoms with Crippen LogP contribution in [0.25, 0.3) is 0 Å². The summed E-state index contributed by atoms with van der Waals surface area (Å²) in [7, 11) is 0. The van der Waals surface area contributed by atoms with E-state index < -0.39 is 0 Å². The van der Waals surface area contributed by atoms with Crippen LogP contribution in [0.5, 0.6) is 5.75 Å². The molecular formula is C22H38O. The van der Waals surface area contributed by atoms with Gasteiger partial charge >= 0.3 is 0 Å². The summed E-state index contributed by atoms with van der Waals surface area (Å²) >= 11 is 0. The molecule has 132 valence electrons. The van der Waals surface area contributed by atoms with E-state index in [1.165, 1.54) is 69.8 Å². The van der Waals surface area contributed by atoms with Gasteiger partial charge in [0.1, 0.15) is 5.75 Å². The van der Waals surface area contributed by atoms with Gasteiger partial charge in [0.2, 0.25) is 0 Å². The van der Waals surface area contributed by atoms with E-state index in [1.807, 2.05) is 0 Å². The average Bonchev–Trinajstić information content (AvgIpc) is 2.54. The number of benzene rings is 1. The van der Waals surface area contributed by atoms with Crippen molar-refractivity contribution in [1.82, 2.24) is 0 Å².